The predicted octanol–water partition coefficient (Wildman–Crippen LogP) is 8.69. The van der Waals surface area contributed by atoms with Crippen molar-refractivity contribution >= 4 is 0 Å². The Morgan fingerprint density at radius 2 is 1.42 bits per heavy atom. The van der Waals surface area contributed by atoms with Gasteiger partial charge in [-0.15, -0.1) is 6.58 Å². The first-order chi connectivity index (χ1) is 12.0. The Morgan fingerprint density at radius 3 is 1.85 bits per heavy atom. The predicted molar refractivity (Wildman–Crippen MR) is 119 cm³/mol. The molecule has 0 N–H and O–H groups in total. The van der Waals surface area contributed by atoms with Gasteiger partial charge in [0.05, 0.1) is 0 Å². The van der Waals surface area contributed by atoms with Crippen LogP contribution in [0.25, 0.3) is 0 Å². The molecule has 0 heteroatoms. The molecule has 0 aromatic rings. The molecule has 1 atom stereocenters. The summed E-state index contributed by atoms with van der Waals surface area (Å²) in [6.07, 6.45) is 11.0. The monoisotopic (exact) mass is 360 g/mol. The van der Waals surface area contributed by atoms with E-state index < -0.39 is 0 Å². The van der Waals surface area contributed by atoms with Crippen LogP contribution in [0.3, 0.4) is 0 Å². The van der Waals surface area contributed by atoms with Crippen LogP contribution < -0.4 is 0 Å². The smallest absolute Gasteiger partial charge is 0.0200 e. The van der Waals surface area contributed by atoms with Crippen molar-refractivity contribution in [3.63, 3.8) is 0 Å². The number of allylic oxidation sites excluding steroid dienone is 2. The highest BCUT2D eigenvalue weighted by molar-refractivity contribution is 5.08. The fraction of sp³-hybridized carbons (Fsp3) is 0.846. The third kappa shape index (κ3) is 4.85. The van der Waals surface area contributed by atoms with Gasteiger partial charge < -0.3 is 0 Å². The van der Waals surface area contributed by atoms with Crippen molar-refractivity contribution in [1.82, 2.24) is 0 Å². The number of hydrogen-bond donors (Lipinski definition) is 0. The minimum Gasteiger partial charge on any atom is -0.103 e. The minimum atomic E-state index is 0.428. The maximum absolute atomic E-state index is 4.58. The molecule has 0 radical (unpaired) electrons. The van der Waals surface area contributed by atoms with Crippen LogP contribution in [0, 0.1) is 40.4 Å². The van der Waals surface area contributed by atoms with Gasteiger partial charge in [0, 0.05) is 0 Å². The van der Waals surface area contributed by atoms with E-state index in [0.29, 0.717) is 16.7 Å². The molecule has 1 saturated carbocycles. The van der Waals surface area contributed by atoms with E-state index in [0.717, 1.165) is 30.1 Å². The summed E-state index contributed by atoms with van der Waals surface area (Å²) in [7, 11) is 0. The molecule has 1 aliphatic carbocycles. The minimum absolute atomic E-state index is 0.428. The lowest BCUT2D eigenvalue weighted by Crippen LogP contribution is -2.43. The molecule has 0 saturated heterocycles. The van der Waals surface area contributed by atoms with Gasteiger partial charge in [0.1, 0.15) is 0 Å². The molecular weight excluding hydrogens is 312 g/mol. The standard InChI is InChI=1S/C26H48/c1-11-12-13-14-23(10)24-15-16-25(19(2)3,20(4)5)18-26(17-24,21(6)7)22(8)9/h11,19-22,24H,1,10,12-18H2,2-9H3. The van der Waals surface area contributed by atoms with Crippen LogP contribution >= 0.6 is 0 Å². The van der Waals surface area contributed by atoms with Crippen LogP contribution in [-0.4, -0.2) is 0 Å². The fourth-order valence-corrected chi connectivity index (χ4v) is 6.00. The lowest BCUT2D eigenvalue weighted by atomic mass is 9.54. The van der Waals surface area contributed by atoms with Crippen LogP contribution in [0.4, 0.5) is 0 Å². The average molecular weight is 361 g/mol. The highest BCUT2D eigenvalue weighted by Gasteiger charge is 2.50. The fourth-order valence-electron chi connectivity index (χ4n) is 6.00. The van der Waals surface area contributed by atoms with E-state index in [2.05, 4.69) is 74.6 Å². The second-order valence-electron chi connectivity index (χ2n) is 10.5. The molecule has 0 aromatic heterocycles. The van der Waals surface area contributed by atoms with Crippen molar-refractivity contribution in [3.05, 3.63) is 24.8 Å². The van der Waals surface area contributed by atoms with Gasteiger partial charge in [-0.1, -0.05) is 73.6 Å². The summed E-state index contributed by atoms with van der Waals surface area (Å²) in [6, 6.07) is 0. The third-order valence-electron chi connectivity index (χ3n) is 8.33. The summed E-state index contributed by atoms with van der Waals surface area (Å²) >= 11 is 0. The molecule has 0 spiro atoms. The molecule has 0 bridgehead atoms. The zero-order valence-corrected chi connectivity index (χ0v) is 19.3. The molecule has 1 aliphatic rings. The van der Waals surface area contributed by atoms with E-state index in [1.807, 2.05) is 0 Å². The Hall–Kier alpha value is -0.520. The normalized spacial score (nSPS) is 22.8. The van der Waals surface area contributed by atoms with Gasteiger partial charge in [0.25, 0.3) is 0 Å². The first-order valence-electron chi connectivity index (χ1n) is 11.3. The topological polar surface area (TPSA) is 0 Å². The van der Waals surface area contributed by atoms with E-state index in [1.165, 1.54) is 44.1 Å². The van der Waals surface area contributed by atoms with Crippen molar-refractivity contribution in [2.45, 2.75) is 100 Å². The molecule has 0 aromatic carbocycles. The SMILES string of the molecule is C=CCCCC(=C)C1CCC(C(C)C)(C(C)C)CC(C(C)C)(C(C)C)C1. The molecule has 1 unspecified atom stereocenters. The second kappa shape index (κ2) is 9.61. The second-order valence-corrected chi connectivity index (χ2v) is 10.5. The van der Waals surface area contributed by atoms with Gasteiger partial charge in [-0.05, 0) is 85.4 Å². The van der Waals surface area contributed by atoms with E-state index in [1.54, 1.807) is 0 Å². The molecule has 0 nitrogen and oxygen atoms in total. The summed E-state index contributed by atoms with van der Waals surface area (Å²) in [4.78, 5) is 0. The van der Waals surface area contributed by atoms with E-state index in [4.69, 9.17) is 0 Å². The molecule has 152 valence electrons. The summed E-state index contributed by atoms with van der Waals surface area (Å²) in [5.74, 6) is 3.63. The average Bonchev–Trinajstić information content (AvgIpc) is 2.74. The Bertz CT molecular complexity index is 433. The third-order valence-corrected chi connectivity index (χ3v) is 8.33. The van der Waals surface area contributed by atoms with Crippen molar-refractivity contribution < 1.29 is 0 Å². The lowest BCUT2D eigenvalue weighted by molar-refractivity contribution is -0.0168. The summed E-state index contributed by atoms with van der Waals surface area (Å²) in [5, 5.41) is 0. The highest BCUT2D eigenvalue weighted by atomic mass is 14.6. The Morgan fingerprint density at radius 1 is 0.923 bits per heavy atom. The van der Waals surface area contributed by atoms with Gasteiger partial charge in [-0.2, -0.15) is 0 Å². The van der Waals surface area contributed by atoms with Crippen LogP contribution in [-0.2, 0) is 0 Å². The quantitative estimate of drug-likeness (QED) is 0.219. The molecule has 0 aliphatic heterocycles. The van der Waals surface area contributed by atoms with Crippen molar-refractivity contribution in [1.29, 1.82) is 0 Å². The maximum Gasteiger partial charge on any atom is -0.0200 e. The Kier molecular flexibility index (Phi) is 8.69. The summed E-state index contributed by atoms with van der Waals surface area (Å²) in [6.45, 7) is 28.3. The molecule has 0 heterocycles. The summed E-state index contributed by atoms with van der Waals surface area (Å²) in [5.41, 5.74) is 2.41. The van der Waals surface area contributed by atoms with Crippen LogP contribution in [0.15, 0.2) is 24.8 Å². The zero-order valence-electron chi connectivity index (χ0n) is 19.3. The molecule has 26 heavy (non-hydrogen) atoms. The number of rotatable bonds is 9. The molecule has 1 rings (SSSR count). The van der Waals surface area contributed by atoms with Crippen molar-refractivity contribution in [2.24, 2.45) is 40.4 Å². The van der Waals surface area contributed by atoms with E-state index in [-0.39, 0.29) is 0 Å². The van der Waals surface area contributed by atoms with Gasteiger partial charge in [0.15, 0.2) is 0 Å². The summed E-state index contributed by atoms with van der Waals surface area (Å²) < 4.78 is 0. The number of hydrogen-bond acceptors (Lipinski definition) is 0. The maximum atomic E-state index is 4.58. The molecule has 1 fully saturated rings. The molecule has 0 amide bonds. The van der Waals surface area contributed by atoms with E-state index in [9.17, 15) is 0 Å². The van der Waals surface area contributed by atoms with Crippen LogP contribution in [0.1, 0.15) is 100 Å². The first-order valence-corrected chi connectivity index (χ1v) is 11.3. The lowest BCUT2D eigenvalue weighted by Gasteiger charge is -2.51. The van der Waals surface area contributed by atoms with Crippen LogP contribution in [0.2, 0.25) is 0 Å². The van der Waals surface area contributed by atoms with Gasteiger partial charge >= 0.3 is 0 Å². The first kappa shape index (κ1) is 23.5. The van der Waals surface area contributed by atoms with Gasteiger partial charge in [0.2, 0.25) is 0 Å². The zero-order chi connectivity index (χ0) is 20.1. The molecular formula is C26H48. The van der Waals surface area contributed by atoms with Crippen molar-refractivity contribution in [3.8, 4) is 0 Å². The number of unbranched alkanes of at least 4 members (excludes halogenated alkanes) is 1. The highest BCUT2D eigenvalue weighted by Crippen LogP contribution is 2.59. The van der Waals surface area contributed by atoms with Crippen molar-refractivity contribution in [2.75, 3.05) is 0 Å². The Balaban J connectivity index is 3.27. The van der Waals surface area contributed by atoms with Gasteiger partial charge in [-0.25, -0.2) is 0 Å². The largest absolute Gasteiger partial charge is 0.103 e. The van der Waals surface area contributed by atoms with Crippen LogP contribution in [0.5, 0.6) is 0 Å². The van der Waals surface area contributed by atoms with E-state index >= 15 is 0 Å². The Labute approximate surface area is 165 Å². The van der Waals surface area contributed by atoms with Gasteiger partial charge in [-0.3, -0.25) is 0 Å².